The van der Waals surface area contributed by atoms with Gasteiger partial charge in [0.1, 0.15) is 5.82 Å². The maximum Gasteiger partial charge on any atom is 0.249 e. The highest BCUT2D eigenvalue weighted by Gasteiger charge is 2.26. The highest BCUT2D eigenvalue weighted by molar-refractivity contribution is 7.09. The van der Waals surface area contributed by atoms with Crippen LogP contribution in [-0.2, 0) is 10.8 Å². The summed E-state index contributed by atoms with van der Waals surface area (Å²) in [4.78, 5) is 9.12. The van der Waals surface area contributed by atoms with E-state index in [0.29, 0.717) is 16.5 Å². The van der Waals surface area contributed by atoms with Gasteiger partial charge in [0.15, 0.2) is 11.5 Å². The number of fused-ring (bicyclic) bond motifs is 1. The van der Waals surface area contributed by atoms with E-state index < -0.39 is 0 Å². The zero-order chi connectivity index (χ0) is 19.3. The van der Waals surface area contributed by atoms with Crippen LogP contribution in [0.25, 0.3) is 5.65 Å². The van der Waals surface area contributed by atoms with E-state index in [-0.39, 0.29) is 16.7 Å². The molecule has 0 aliphatic rings. The first-order valence-corrected chi connectivity index (χ1v) is 9.49. The zero-order valence-electron chi connectivity index (χ0n) is 16.6. The van der Waals surface area contributed by atoms with Gasteiger partial charge in [-0.05, 0) is 0 Å². The van der Waals surface area contributed by atoms with Crippen molar-refractivity contribution in [3.63, 3.8) is 0 Å². The van der Waals surface area contributed by atoms with Crippen molar-refractivity contribution < 1.29 is 0 Å². The first-order valence-electron chi connectivity index (χ1n) is 8.72. The van der Waals surface area contributed by atoms with Crippen LogP contribution in [0.3, 0.4) is 0 Å². The highest BCUT2D eigenvalue weighted by Crippen LogP contribution is 2.35. The Bertz CT molecular complexity index is 946. The number of H-pyrrole nitrogens is 1. The van der Waals surface area contributed by atoms with E-state index in [1.54, 1.807) is 4.63 Å². The van der Waals surface area contributed by atoms with Crippen molar-refractivity contribution >= 4 is 28.0 Å². The summed E-state index contributed by atoms with van der Waals surface area (Å²) in [7, 11) is 0. The lowest BCUT2D eigenvalue weighted by Gasteiger charge is -2.16. The molecule has 0 saturated heterocycles. The van der Waals surface area contributed by atoms with Crippen molar-refractivity contribution in [1.82, 2.24) is 29.2 Å². The summed E-state index contributed by atoms with van der Waals surface area (Å²) in [6, 6.07) is 0. The summed E-state index contributed by atoms with van der Waals surface area (Å²) in [6.07, 6.45) is 0. The van der Waals surface area contributed by atoms with Crippen molar-refractivity contribution in [2.45, 2.75) is 72.1 Å². The molecule has 0 unspecified atom stereocenters. The molecule has 0 aliphatic heterocycles. The maximum absolute atomic E-state index is 4.64. The van der Waals surface area contributed by atoms with Gasteiger partial charge < -0.3 is 0 Å². The fourth-order valence-corrected chi connectivity index (χ4v) is 3.03. The van der Waals surface area contributed by atoms with E-state index in [9.17, 15) is 0 Å². The van der Waals surface area contributed by atoms with Gasteiger partial charge in [-0.1, -0.05) is 55.4 Å². The van der Waals surface area contributed by atoms with E-state index >= 15 is 0 Å². The van der Waals surface area contributed by atoms with Crippen LogP contribution in [0.4, 0.5) is 10.8 Å². The van der Waals surface area contributed by atoms with Crippen LogP contribution in [0, 0.1) is 0 Å². The second-order valence-corrected chi connectivity index (χ2v) is 9.53. The minimum absolute atomic E-state index is 0.110. The average Bonchev–Trinajstić information content (AvgIpc) is 3.17. The summed E-state index contributed by atoms with van der Waals surface area (Å²) >= 11 is 1.25. The first kappa shape index (κ1) is 18.6. The Morgan fingerprint density at radius 2 is 1.69 bits per heavy atom. The molecule has 0 atom stereocenters. The molecule has 9 heteroatoms. The second-order valence-electron chi connectivity index (χ2n) is 8.80. The Morgan fingerprint density at radius 3 is 2.23 bits per heavy atom. The van der Waals surface area contributed by atoms with Crippen LogP contribution < -0.4 is 0 Å². The normalized spacial score (nSPS) is 13.6. The molecule has 26 heavy (non-hydrogen) atoms. The minimum Gasteiger partial charge on any atom is -0.277 e. The summed E-state index contributed by atoms with van der Waals surface area (Å²) < 4.78 is 6.07. The predicted molar refractivity (Wildman–Crippen MR) is 103 cm³/mol. The third-order valence-corrected chi connectivity index (χ3v) is 4.48. The van der Waals surface area contributed by atoms with Gasteiger partial charge in [-0.3, -0.25) is 5.10 Å². The number of nitrogens with one attached hydrogen (secondary N) is 1. The largest absolute Gasteiger partial charge is 0.277 e. The number of hydrogen-bond donors (Lipinski definition) is 1. The van der Waals surface area contributed by atoms with E-state index in [1.165, 1.54) is 11.5 Å². The molecule has 3 aromatic heterocycles. The van der Waals surface area contributed by atoms with Gasteiger partial charge in [-0.15, -0.1) is 15.3 Å². The molecule has 0 saturated carbocycles. The highest BCUT2D eigenvalue weighted by atomic mass is 32.1. The average molecular weight is 375 g/mol. The van der Waals surface area contributed by atoms with Gasteiger partial charge in [-0.2, -0.15) is 14.0 Å². The van der Waals surface area contributed by atoms with Crippen LogP contribution >= 0.6 is 11.5 Å². The lowest BCUT2D eigenvalue weighted by Crippen LogP contribution is -2.13. The van der Waals surface area contributed by atoms with Crippen LogP contribution in [-0.4, -0.2) is 29.2 Å². The first-order chi connectivity index (χ1) is 12.0. The Hall–Kier alpha value is -2.16. The van der Waals surface area contributed by atoms with Crippen LogP contribution in [0.1, 0.15) is 78.7 Å². The van der Waals surface area contributed by atoms with E-state index in [0.717, 1.165) is 17.3 Å². The summed E-state index contributed by atoms with van der Waals surface area (Å²) in [5, 5.41) is 17.2. The van der Waals surface area contributed by atoms with Gasteiger partial charge in [0.25, 0.3) is 0 Å². The molecular weight excluding hydrogens is 348 g/mol. The summed E-state index contributed by atoms with van der Waals surface area (Å²) in [6.45, 7) is 16.7. The minimum atomic E-state index is -0.146. The number of aromatic amines is 1. The number of aromatic nitrogens is 6. The van der Waals surface area contributed by atoms with Crippen LogP contribution in [0.5, 0.6) is 0 Å². The molecule has 0 aromatic carbocycles. The van der Waals surface area contributed by atoms with Crippen molar-refractivity contribution in [3.05, 3.63) is 17.3 Å². The Morgan fingerprint density at radius 1 is 1.00 bits per heavy atom. The third-order valence-electron chi connectivity index (χ3n) is 3.88. The zero-order valence-corrected chi connectivity index (χ0v) is 17.4. The monoisotopic (exact) mass is 374 g/mol. The Kier molecular flexibility index (Phi) is 4.46. The molecule has 8 nitrogen and oxygen atoms in total. The number of azo groups is 1. The topological polar surface area (TPSA) is 96.5 Å². The van der Waals surface area contributed by atoms with Gasteiger partial charge in [0.05, 0.1) is 5.69 Å². The molecule has 3 aromatic rings. The van der Waals surface area contributed by atoms with Crippen LogP contribution in [0.2, 0.25) is 0 Å². The lowest BCUT2D eigenvalue weighted by molar-refractivity contribution is 0.554. The van der Waals surface area contributed by atoms with E-state index in [4.69, 9.17) is 0 Å². The van der Waals surface area contributed by atoms with Crippen molar-refractivity contribution in [3.8, 4) is 0 Å². The third kappa shape index (κ3) is 3.53. The quantitative estimate of drug-likeness (QED) is 0.649. The summed E-state index contributed by atoms with van der Waals surface area (Å²) in [5.41, 5.74) is 2.06. The van der Waals surface area contributed by atoms with Gasteiger partial charge >= 0.3 is 0 Å². The Labute approximate surface area is 157 Å². The molecular formula is C17H26N8S. The number of rotatable bonds is 3. The smallest absolute Gasteiger partial charge is 0.249 e. The standard InChI is InChI=1S/C17H26N8S/c1-9(2)12-18-13-10(11(16(3,4)5)22-25(13)23-12)20-21-15-19-14(24-26-15)17(6,7)8/h9,22H,1-8H3. The van der Waals surface area contributed by atoms with E-state index in [2.05, 4.69) is 90.2 Å². The Balaban J connectivity index is 2.05. The van der Waals surface area contributed by atoms with Crippen molar-refractivity contribution in [1.29, 1.82) is 0 Å². The van der Waals surface area contributed by atoms with Gasteiger partial charge in [0.2, 0.25) is 10.8 Å². The van der Waals surface area contributed by atoms with Crippen molar-refractivity contribution in [2.75, 3.05) is 0 Å². The molecule has 0 amide bonds. The molecule has 0 radical (unpaired) electrons. The van der Waals surface area contributed by atoms with E-state index in [1.807, 2.05) is 0 Å². The summed E-state index contributed by atoms with van der Waals surface area (Å²) in [5.74, 6) is 1.79. The molecule has 0 bridgehead atoms. The predicted octanol–water partition coefficient (Wildman–Crippen LogP) is 5.04. The van der Waals surface area contributed by atoms with Gasteiger partial charge in [0, 0.05) is 28.3 Å². The molecule has 0 aliphatic carbocycles. The molecule has 3 rings (SSSR count). The fourth-order valence-electron chi connectivity index (χ4n) is 2.35. The van der Waals surface area contributed by atoms with Crippen molar-refractivity contribution in [2.24, 2.45) is 10.2 Å². The number of nitrogens with zero attached hydrogens (tertiary/aromatic N) is 7. The molecule has 3 heterocycles. The molecule has 140 valence electrons. The lowest BCUT2D eigenvalue weighted by atomic mass is 9.91. The molecule has 0 fully saturated rings. The maximum atomic E-state index is 4.64. The molecule has 0 spiro atoms. The number of hydrogen-bond acceptors (Lipinski definition) is 7. The van der Waals surface area contributed by atoms with Crippen LogP contribution in [0.15, 0.2) is 10.2 Å². The fraction of sp³-hybridized carbons (Fsp3) is 0.647. The van der Waals surface area contributed by atoms with Gasteiger partial charge in [-0.25, -0.2) is 4.98 Å². The second kappa shape index (κ2) is 6.22. The SMILES string of the molecule is CC(C)c1nc2c(N=Nc3nc(C(C)(C)C)ns3)c(C(C)(C)C)[nH]n2n1. The molecule has 1 N–H and O–H groups in total.